The number of aromatic amines is 1. The first-order chi connectivity index (χ1) is 10.7. The summed E-state index contributed by atoms with van der Waals surface area (Å²) in [5, 5.41) is 3.09. The van der Waals surface area contributed by atoms with Crippen LogP contribution in [0.4, 0.5) is 4.79 Å². The number of hydrogen-bond acceptors (Lipinski definition) is 2. The van der Waals surface area contributed by atoms with Gasteiger partial charge in [-0.05, 0) is 25.0 Å². The number of piperazine rings is 1. The van der Waals surface area contributed by atoms with Crippen LogP contribution in [-0.2, 0) is 0 Å². The lowest BCUT2D eigenvalue weighted by Gasteiger charge is -2.35. The van der Waals surface area contributed by atoms with Crippen LogP contribution in [0.1, 0.15) is 43.6 Å². The van der Waals surface area contributed by atoms with E-state index in [2.05, 4.69) is 24.1 Å². The van der Waals surface area contributed by atoms with Crippen molar-refractivity contribution < 1.29 is 9.59 Å². The number of amides is 3. The number of hydrogen-bond donors (Lipinski definition) is 2. The summed E-state index contributed by atoms with van der Waals surface area (Å²) in [6.07, 6.45) is 4.77. The third-order valence-electron chi connectivity index (χ3n) is 4.14. The van der Waals surface area contributed by atoms with E-state index in [1.807, 2.05) is 6.07 Å². The van der Waals surface area contributed by atoms with Crippen LogP contribution in [0.25, 0.3) is 0 Å². The van der Waals surface area contributed by atoms with Crippen molar-refractivity contribution >= 4 is 11.9 Å². The number of nitrogens with zero attached hydrogens (tertiary/aromatic N) is 2. The standard InChI is InChI=1S/C16H26N4O2/c1-3-6-13(4-2)18-16(22)20-11-9-19(10-12-20)15(21)14-7-5-8-17-14/h5,7-8,13,17H,3-4,6,9-12H2,1-2H3,(H,18,22)/t13-/m1/s1. The minimum atomic E-state index is -0.00716. The van der Waals surface area contributed by atoms with Gasteiger partial charge in [0.2, 0.25) is 0 Å². The summed E-state index contributed by atoms with van der Waals surface area (Å²) in [7, 11) is 0. The fourth-order valence-corrected chi connectivity index (χ4v) is 2.74. The largest absolute Gasteiger partial charge is 0.357 e. The molecule has 1 aromatic rings. The second-order valence-electron chi connectivity index (χ2n) is 5.71. The highest BCUT2D eigenvalue weighted by Gasteiger charge is 2.25. The quantitative estimate of drug-likeness (QED) is 0.874. The maximum Gasteiger partial charge on any atom is 0.317 e. The number of H-pyrrole nitrogens is 1. The summed E-state index contributed by atoms with van der Waals surface area (Å²) in [5.41, 5.74) is 0.604. The van der Waals surface area contributed by atoms with Crippen molar-refractivity contribution in [2.75, 3.05) is 26.2 Å². The van der Waals surface area contributed by atoms with Crippen LogP contribution in [0, 0.1) is 0 Å². The molecule has 0 saturated carbocycles. The van der Waals surface area contributed by atoms with Crippen LogP contribution in [0.2, 0.25) is 0 Å². The van der Waals surface area contributed by atoms with Gasteiger partial charge in [0.15, 0.2) is 0 Å². The molecule has 0 spiro atoms. The van der Waals surface area contributed by atoms with Gasteiger partial charge in [-0.1, -0.05) is 20.3 Å². The molecule has 0 bridgehead atoms. The van der Waals surface area contributed by atoms with Gasteiger partial charge in [-0.15, -0.1) is 0 Å². The summed E-state index contributed by atoms with van der Waals surface area (Å²) < 4.78 is 0. The van der Waals surface area contributed by atoms with Gasteiger partial charge in [0, 0.05) is 38.4 Å². The molecule has 1 aromatic heterocycles. The minimum Gasteiger partial charge on any atom is -0.357 e. The van der Waals surface area contributed by atoms with Gasteiger partial charge in [-0.25, -0.2) is 4.79 Å². The molecule has 0 unspecified atom stereocenters. The Morgan fingerprint density at radius 3 is 2.45 bits per heavy atom. The van der Waals surface area contributed by atoms with Crippen LogP contribution >= 0.6 is 0 Å². The van der Waals surface area contributed by atoms with E-state index in [-0.39, 0.29) is 18.0 Å². The number of nitrogens with one attached hydrogen (secondary N) is 2. The maximum atomic E-state index is 12.3. The molecule has 1 saturated heterocycles. The molecule has 6 heteroatoms. The molecule has 0 radical (unpaired) electrons. The van der Waals surface area contributed by atoms with E-state index in [0.717, 1.165) is 19.3 Å². The summed E-state index contributed by atoms with van der Waals surface area (Å²) >= 11 is 0. The summed E-state index contributed by atoms with van der Waals surface area (Å²) in [6, 6.07) is 3.83. The third kappa shape index (κ3) is 4.02. The van der Waals surface area contributed by atoms with Crippen LogP contribution in [-0.4, -0.2) is 58.9 Å². The fourth-order valence-electron chi connectivity index (χ4n) is 2.74. The monoisotopic (exact) mass is 306 g/mol. The van der Waals surface area contributed by atoms with Crippen LogP contribution in [0.3, 0.4) is 0 Å². The van der Waals surface area contributed by atoms with Gasteiger partial charge >= 0.3 is 6.03 Å². The molecule has 6 nitrogen and oxygen atoms in total. The highest BCUT2D eigenvalue weighted by Crippen LogP contribution is 2.09. The normalized spacial score (nSPS) is 16.5. The first-order valence-electron chi connectivity index (χ1n) is 8.13. The molecule has 2 N–H and O–H groups in total. The van der Waals surface area contributed by atoms with Crippen molar-refractivity contribution in [2.24, 2.45) is 0 Å². The summed E-state index contributed by atoms with van der Waals surface area (Å²) in [4.78, 5) is 31.0. The highest BCUT2D eigenvalue weighted by atomic mass is 16.2. The Bertz CT molecular complexity index is 478. The lowest BCUT2D eigenvalue weighted by molar-refractivity contribution is 0.0658. The third-order valence-corrected chi connectivity index (χ3v) is 4.14. The fraction of sp³-hybridized carbons (Fsp3) is 0.625. The average Bonchev–Trinajstić information content (AvgIpc) is 3.08. The summed E-state index contributed by atoms with van der Waals surface area (Å²) in [6.45, 7) is 6.54. The lowest BCUT2D eigenvalue weighted by atomic mass is 10.1. The van der Waals surface area contributed by atoms with Crippen molar-refractivity contribution in [2.45, 2.75) is 39.2 Å². The van der Waals surface area contributed by atoms with Crippen molar-refractivity contribution in [3.8, 4) is 0 Å². The van der Waals surface area contributed by atoms with Crippen LogP contribution < -0.4 is 5.32 Å². The summed E-state index contributed by atoms with van der Waals surface area (Å²) in [5.74, 6) is 0.00229. The van der Waals surface area contributed by atoms with Gasteiger partial charge < -0.3 is 20.1 Å². The predicted molar refractivity (Wildman–Crippen MR) is 85.8 cm³/mol. The number of carbonyl (C=O) groups is 2. The van der Waals surface area contributed by atoms with E-state index < -0.39 is 0 Å². The molecule has 2 heterocycles. The van der Waals surface area contributed by atoms with Crippen molar-refractivity contribution in [3.05, 3.63) is 24.0 Å². The van der Waals surface area contributed by atoms with E-state index in [0.29, 0.717) is 31.9 Å². The lowest BCUT2D eigenvalue weighted by Crippen LogP contribution is -2.54. The molecule has 1 atom stereocenters. The molecule has 1 fully saturated rings. The van der Waals surface area contributed by atoms with Gasteiger partial charge in [0.1, 0.15) is 5.69 Å². The van der Waals surface area contributed by atoms with Gasteiger partial charge in [0.05, 0.1) is 0 Å². The van der Waals surface area contributed by atoms with Gasteiger partial charge in [-0.3, -0.25) is 4.79 Å². The Morgan fingerprint density at radius 1 is 1.23 bits per heavy atom. The number of rotatable bonds is 5. The zero-order chi connectivity index (χ0) is 15.9. The molecule has 2 rings (SSSR count). The van der Waals surface area contributed by atoms with E-state index in [1.54, 1.807) is 22.1 Å². The Hall–Kier alpha value is -1.98. The zero-order valence-electron chi connectivity index (χ0n) is 13.5. The van der Waals surface area contributed by atoms with Crippen molar-refractivity contribution in [1.82, 2.24) is 20.1 Å². The molecular weight excluding hydrogens is 280 g/mol. The van der Waals surface area contributed by atoms with E-state index in [1.165, 1.54) is 0 Å². The Morgan fingerprint density at radius 2 is 1.91 bits per heavy atom. The van der Waals surface area contributed by atoms with Gasteiger partial charge in [0.25, 0.3) is 5.91 Å². The molecule has 1 aliphatic heterocycles. The van der Waals surface area contributed by atoms with E-state index in [9.17, 15) is 9.59 Å². The molecule has 0 aliphatic carbocycles. The predicted octanol–water partition coefficient (Wildman–Crippen LogP) is 2.06. The van der Waals surface area contributed by atoms with Crippen LogP contribution in [0.5, 0.6) is 0 Å². The van der Waals surface area contributed by atoms with E-state index in [4.69, 9.17) is 0 Å². The smallest absolute Gasteiger partial charge is 0.317 e. The molecule has 0 aromatic carbocycles. The van der Waals surface area contributed by atoms with E-state index >= 15 is 0 Å². The van der Waals surface area contributed by atoms with Crippen molar-refractivity contribution in [1.29, 1.82) is 0 Å². The number of carbonyl (C=O) groups excluding carboxylic acids is 2. The highest BCUT2D eigenvalue weighted by molar-refractivity contribution is 5.92. The van der Waals surface area contributed by atoms with Crippen LogP contribution in [0.15, 0.2) is 18.3 Å². The minimum absolute atomic E-state index is 0.00229. The molecule has 3 amide bonds. The first-order valence-corrected chi connectivity index (χ1v) is 8.13. The maximum absolute atomic E-state index is 12.3. The number of aromatic nitrogens is 1. The zero-order valence-corrected chi connectivity index (χ0v) is 13.5. The van der Waals surface area contributed by atoms with Gasteiger partial charge in [-0.2, -0.15) is 0 Å². The Labute approximate surface area is 131 Å². The second kappa shape index (κ2) is 7.87. The first kappa shape index (κ1) is 16.4. The topological polar surface area (TPSA) is 68.4 Å². The molecular formula is C16H26N4O2. The van der Waals surface area contributed by atoms with Crippen molar-refractivity contribution in [3.63, 3.8) is 0 Å². The molecule has 22 heavy (non-hydrogen) atoms. The average molecular weight is 306 g/mol. The Kier molecular flexibility index (Phi) is 5.86. The number of urea groups is 1. The Balaban J connectivity index is 1.81. The second-order valence-corrected chi connectivity index (χ2v) is 5.71. The molecule has 1 aliphatic rings. The SMILES string of the molecule is CCC[C@@H](CC)NC(=O)N1CCN(C(=O)c2ccc[nH]2)CC1. The molecule has 122 valence electrons.